The number of carbonyl (C=O) groups is 1. The molecule has 0 heterocycles. The van der Waals surface area contributed by atoms with Gasteiger partial charge in [-0.1, -0.05) is 275 Å². The molecule has 0 aliphatic heterocycles. The van der Waals surface area contributed by atoms with Crippen molar-refractivity contribution in [2.24, 2.45) is 0 Å². The van der Waals surface area contributed by atoms with Crippen molar-refractivity contribution in [2.45, 2.75) is 251 Å². The Hall–Kier alpha value is -3.99. The average Bonchev–Trinajstić information content (AvgIpc) is 3.37. The Morgan fingerprint density at radius 1 is 0.352 bits per heavy atom. The summed E-state index contributed by atoms with van der Waals surface area (Å²) in [7, 11) is 0. The Morgan fingerprint density at radius 2 is 0.634 bits per heavy atom. The van der Waals surface area contributed by atoms with Crippen molar-refractivity contribution in [3.8, 4) is 0 Å². The van der Waals surface area contributed by atoms with Gasteiger partial charge in [-0.25, -0.2) is 0 Å². The molecule has 400 valence electrons. The molecule has 0 bridgehead atoms. The molecule has 4 heteroatoms. The normalized spacial score (nSPS) is 14.0. The van der Waals surface area contributed by atoms with E-state index in [1.54, 1.807) is 6.08 Å². The molecule has 0 aliphatic rings. The highest BCUT2D eigenvalue weighted by molar-refractivity contribution is 5.76. The highest BCUT2D eigenvalue weighted by Gasteiger charge is 2.17. The molecule has 2 atom stereocenters. The Kier molecular flexibility index (Phi) is 56.9. The fraction of sp³-hybridized carbons (Fsp3) is 0.597. The lowest BCUT2D eigenvalue weighted by molar-refractivity contribution is -0.123. The van der Waals surface area contributed by atoms with E-state index in [2.05, 4.69) is 165 Å². The van der Waals surface area contributed by atoms with Gasteiger partial charge in [0.05, 0.1) is 18.8 Å². The van der Waals surface area contributed by atoms with Crippen molar-refractivity contribution in [2.75, 3.05) is 6.61 Å². The van der Waals surface area contributed by atoms with Crippen molar-refractivity contribution in [3.05, 3.63) is 158 Å². The topological polar surface area (TPSA) is 69.6 Å². The van der Waals surface area contributed by atoms with Crippen LogP contribution in [0.3, 0.4) is 0 Å². The molecule has 0 aromatic rings. The van der Waals surface area contributed by atoms with E-state index in [-0.39, 0.29) is 12.5 Å². The van der Waals surface area contributed by atoms with Crippen molar-refractivity contribution in [1.82, 2.24) is 5.32 Å². The van der Waals surface area contributed by atoms with E-state index in [9.17, 15) is 15.0 Å². The largest absolute Gasteiger partial charge is 0.394 e. The molecule has 4 nitrogen and oxygen atoms in total. The molecule has 0 saturated heterocycles. The van der Waals surface area contributed by atoms with Crippen LogP contribution in [-0.4, -0.2) is 34.9 Å². The van der Waals surface area contributed by atoms with Crippen LogP contribution in [0.4, 0.5) is 0 Å². The van der Waals surface area contributed by atoms with E-state index < -0.39 is 12.1 Å². The lowest BCUT2D eigenvalue weighted by Crippen LogP contribution is -2.45. The van der Waals surface area contributed by atoms with Gasteiger partial charge in [0.2, 0.25) is 5.91 Å². The van der Waals surface area contributed by atoms with Gasteiger partial charge in [0.1, 0.15) is 0 Å². The predicted octanol–water partition coefficient (Wildman–Crippen LogP) is 19.7. The summed E-state index contributed by atoms with van der Waals surface area (Å²) in [6.07, 6.45) is 96.9. The van der Waals surface area contributed by atoms with E-state index in [1.165, 1.54) is 103 Å². The molecule has 0 aliphatic carbocycles. The number of aliphatic hydroxyl groups is 2. The number of aliphatic hydroxyl groups excluding tert-OH is 2. The van der Waals surface area contributed by atoms with E-state index in [0.717, 1.165) is 116 Å². The summed E-state index contributed by atoms with van der Waals surface area (Å²) in [5.74, 6) is -0.111. The zero-order chi connectivity index (χ0) is 51.3. The van der Waals surface area contributed by atoms with Gasteiger partial charge in [0, 0.05) is 6.42 Å². The maximum atomic E-state index is 12.5. The Bertz CT molecular complexity index is 1530. The number of unbranched alkanes of at least 4 members (excludes halogenated alkanes) is 20. The van der Waals surface area contributed by atoms with Gasteiger partial charge < -0.3 is 15.5 Å². The fourth-order valence-corrected chi connectivity index (χ4v) is 7.85. The minimum absolute atomic E-state index is 0.111. The molecule has 0 aromatic heterocycles. The van der Waals surface area contributed by atoms with Crippen LogP contribution in [0.15, 0.2) is 158 Å². The van der Waals surface area contributed by atoms with Crippen molar-refractivity contribution < 1.29 is 15.0 Å². The quantitative estimate of drug-likeness (QED) is 0.0420. The highest BCUT2D eigenvalue weighted by Crippen LogP contribution is 2.15. The molecule has 1 amide bonds. The molecule has 0 saturated carbocycles. The highest BCUT2D eigenvalue weighted by atomic mass is 16.3. The molecule has 3 N–H and O–H groups in total. The number of carbonyl (C=O) groups excluding carboxylic acids is 1. The van der Waals surface area contributed by atoms with Gasteiger partial charge >= 0.3 is 0 Å². The minimum atomic E-state index is -0.889. The Balaban J connectivity index is 3.73. The third-order valence-corrected chi connectivity index (χ3v) is 12.2. The van der Waals surface area contributed by atoms with Gasteiger partial charge in [0.25, 0.3) is 0 Å². The predicted molar refractivity (Wildman–Crippen MR) is 317 cm³/mol. The fourth-order valence-electron chi connectivity index (χ4n) is 7.85. The Labute approximate surface area is 439 Å². The van der Waals surface area contributed by atoms with Crippen LogP contribution in [0, 0.1) is 0 Å². The first-order valence-electron chi connectivity index (χ1n) is 29.2. The van der Waals surface area contributed by atoms with Crippen LogP contribution in [-0.2, 0) is 4.79 Å². The molecule has 0 spiro atoms. The first-order valence-corrected chi connectivity index (χ1v) is 29.2. The van der Waals surface area contributed by atoms with Gasteiger partial charge in [-0.15, -0.1) is 0 Å². The molecule has 2 unspecified atom stereocenters. The van der Waals surface area contributed by atoms with Crippen LogP contribution >= 0.6 is 0 Å². The lowest BCUT2D eigenvalue weighted by atomic mass is 10.0. The molecular formula is C67H109NO3. The first-order chi connectivity index (χ1) is 35.2. The minimum Gasteiger partial charge on any atom is -0.394 e. The molecular weight excluding hydrogens is 867 g/mol. The third kappa shape index (κ3) is 56.8. The van der Waals surface area contributed by atoms with Gasteiger partial charge in [-0.2, -0.15) is 0 Å². The van der Waals surface area contributed by atoms with Crippen molar-refractivity contribution in [3.63, 3.8) is 0 Å². The summed E-state index contributed by atoms with van der Waals surface area (Å²) >= 11 is 0. The molecule has 0 radical (unpaired) electrons. The summed E-state index contributed by atoms with van der Waals surface area (Å²) in [5, 5.41) is 23.1. The zero-order valence-corrected chi connectivity index (χ0v) is 45.9. The van der Waals surface area contributed by atoms with Crippen LogP contribution in [0.1, 0.15) is 239 Å². The molecule has 0 rings (SSSR count). The SMILES string of the molecule is CC/C=C\C/C=C\C/C=C\C/C=C\C/C=C\C/C=C\C/C=C\C/C=C\C/C=C\C/C=C\C/C=C\CCCCCC(=O)NC(CO)C(O)/C=C/CC/C=C/CCCCCCCCCCCCCCCCCC. The lowest BCUT2D eigenvalue weighted by Gasteiger charge is -2.19. The maximum Gasteiger partial charge on any atom is 0.220 e. The number of hydrogen-bond acceptors (Lipinski definition) is 3. The third-order valence-electron chi connectivity index (χ3n) is 12.2. The number of hydrogen-bond donors (Lipinski definition) is 3. The van der Waals surface area contributed by atoms with Gasteiger partial charge in [-0.3, -0.25) is 4.79 Å². The van der Waals surface area contributed by atoms with Crippen molar-refractivity contribution in [1.29, 1.82) is 0 Å². The van der Waals surface area contributed by atoms with Crippen LogP contribution in [0.25, 0.3) is 0 Å². The summed E-state index contributed by atoms with van der Waals surface area (Å²) in [6.45, 7) is 4.17. The standard InChI is InChI=1S/C67H109NO3/c1-3-5-7-9-11-13-15-17-19-21-23-25-27-28-29-30-31-32-33-34-35-36-37-38-39-40-41-43-45-47-49-51-53-55-57-59-61-63-67(71)68-65(64-69)66(70)62-60-58-56-54-52-50-48-46-44-42-26-24-22-20-18-16-14-12-10-8-6-4-2/h5,7,11,13,17,19,23,25,28-29,31-32,34-35,37-38,40-41,45,47,51-54,60,62,65-66,69-70H,3-4,6,8-10,12,14-16,18,20-22,24,26-27,30,33,36,39,42-44,46,48-50,55-59,61,63-64H2,1-2H3,(H,68,71)/b7-5-,13-11-,19-17-,25-23-,29-28-,32-31-,35-34-,38-37-,41-40-,47-45-,53-51-,54-52+,62-60+. The Morgan fingerprint density at radius 3 is 0.986 bits per heavy atom. The van der Waals surface area contributed by atoms with Crippen LogP contribution in [0.2, 0.25) is 0 Å². The number of rotatable bonds is 51. The molecule has 0 aromatic carbocycles. The summed E-state index contributed by atoms with van der Waals surface area (Å²) in [4.78, 5) is 12.5. The van der Waals surface area contributed by atoms with Gasteiger partial charge in [-0.05, 0) is 116 Å². The van der Waals surface area contributed by atoms with Gasteiger partial charge in [0.15, 0.2) is 0 Å². The summed E-state index contributed by atoms with van der Waals surface area (Å²) < 4.78 is 0. The number of nitrogens with one attached hydrogen (secondary N) is 1. The van der Waals surface area contributed by atoms with E-state index in [1.807, 2.05) is 6.08 Å². The van der Waals surface area contributed by atoms with Crippen LogP contribution < -0.4 is 5.32 Å². The smallest absolute Gasteiger partial charge is 0.220 e. The second kappa shape index (κ2) is 60.3. The second-order valence-corrected chi connectivity index (χ2v) is 19.0. The van der Waals surface area contributed by atoms with Crippen molar-refractivity contribution >= 4 is 5.91 Å². The van der Waals surface area contributed by atoms with Crippen LogP contribution in [0.5, 0.6) is 0 Å². The van der Waals surface area contributed by atoms with E-state index in [0.29, 0.717) is 6.42 Å². The molecule has 0 fully saturated rings. The maximum absolute atomic E-state index is 12.5. The van der Waals surface area contributed by atoms with E-state index >= 15 is 0 Å². The average molecular weight is 977 g/mol. The second-order valence-electron chi connectivity index (χ2n) is 19.0. The summed E-state index contributed by atoms with van der Waals surface area (Å²) in [6, 6.07) is -0.670. The monoisotopic (exact) mass is 976 g/mol. The van der Waals surface area contributed by atoms with E-state index in [4.69, 9.17) is 0 Å². The number of amides is 1. The first kappa shape index (κ1) is 67.0. The summed E-state index contributed by atoms with van der Waals surface area (Å²) in [5.41, 5.74) is 0. The zero-order valence-electron chi connectivity index (χ0n) is 45.9. The molecule has 71 heavy (non-hydrogen) atoms. The number of allylic oxidation sites excluding steroid dienone is 25.